The lowest BCUT2D eigenvalue weighted by atomic mass is 10.1. The van der Waals surface area contributed by atoms with E-state index in [-0.39, 0.29) is 22.5 Å². The highest BCUT2D eigenvalue weighted by Crippen LogP contribution is 2.33. The van der Waals surface area contributed by atoms with Crippen LogP contribution < -0.4 is 21.0 Å². The number of piperazine rings is 1. The Morgan fingerprint density at radius 1 is 0.844 bits per heavy atom. The summed E-state index contributed by atoms with van der Waals surface area (Å²) >= 11 is 0. The molecule has 0 amide bonds. The molecular formula is C25H23N3O4. The molecule has 1 saturated heterocycles. The zero-order chi connectivity index (χ0) is 22.2. The van der Waals surface area contributed by atoms with Crippen LogP contribution in [0.25, 0.3) is 22.3 Å². The first-order chi connectivity index (χ1) is 15.5. The summed E-state index contributed by atoms with van der Waals surface area (Å²) in [6.07, 6.45) is 0. The van der Waals surface area contributed by atoms with Gasteiger partial charge >= 0.3 is 0 Å². The molecule has 0 bridgehead atoms. The number of anilines is 3. The van der Waals surface area contributed by atoms with Gasteiger partial charge in [0.2, 0.25) is 0 Å². The van der Waals surface area contributed by atoms with E-state index in [2.05, 4.69) is 21.9 Å². The molecule has 0 unspecified atom stereocenters. The smallest absolute Gasteiger partial charge is 0.197 e. The minimum absolute atomic E-state index is 0.0347. The normalized spacial score (nSPS) is 14.1. The third-order valence-corrected chi connectivity index (χ3v) is 5.85. The average molecular weight is 429 g/mol. The van der Waals surface area contributed by atoms with Crippen molar-refractivity contribution in [3.8, 4) is 22.8 Å². The molecule has 1 aliphatic rings. The second-order valence-electron chi connectivity index (χ2n) is 7.90. The lowest BCUT2D eigenvalue weighted by Crippen LogP contribution is -2.46. The van der Waals surface area contributed by atoms with Crippen molar-refractivity contribution in [1.29, 1.82) is 0 Å². The first-order valence-corrected chi connectivity index (χ1v) is 10.4. The van der Waals surface area contributed by atoms with Gasteiger partial charge in [-0.05, 0) is 30.3 Å². The molecule has 2 heterocycles. The van der Waals surface area contributed by atoms with E-state index in [4.69, 9.17) is 10.2 Å². The highest BCUT2D eigenvalue weighted by molar-refractivity contribution is 5.86. The fraction of sp³-hybridized carbons (Fsp3) is 0.160. The van der Waals surface area contributed by atoms with Crippen LogP contribution in [0, 0.1) is 0 Å². The number of benzene rings is 3. The van der Waals surface area contributed by atoms with Crippen molar-refractivity contribution in [3.63, 3.8) is 0 Å². The van der Waals surface area contributed by atoms with Crippen LogP contribution in [0.15, 0.2) is 75.9 Å². The third-order valence-electron chi connectivity index (χ3n) is 5.85. The third kappa shape index (κ3) is 3.58. The maximum Gasteiger partial charge on any atom is 0.197 e. The van der Waals surface area contributed by atoms with E-state index in [0.717, 1.165) is 37.9 Å². The predicted molar refractivity (Wildman–Crippen MR) is 127 cm³/mol. The van der Waals surface area contributed by atoms with Crippen LogP contribution in [0.5, 0.6) is 11.5 Å². The summed E-state index contributed by atoms with van der Waals surface area (Å²) in [7, 11) is 0. The minimum Gasteiger partial charge on any atom is -0.508 e. The van der Waals surface area contributed by atoms with Gasteiger partial charge in [-0.25, -0.2) is 0 Å². The largest absolute Gasteiger partial charge is 0.508 e. The molecule has 0 radical (unpaired) electrons. The Hall–Kier alpha value is -4.13. The first-order valence-electron chi connectivity index (χ1n) is 10.4. The van der Waals surface area contributed by atoms with Crippen molar-refractivity contribution >= 4 is 28.0 Å². The summed E-state index contributed by atoms with van der Waals surface area (Å²) < 4.78 is 5.80. The van der Waals surface area contributed by atoms with Gasteiger partial charge in [0, 0.05) is 55.6 Å². The average Bonchev–Trinajstić information content (AvgIpc) is 2.79. The quantitative estimate of drug-likeness (QED) is 0.426. The lowest BCUT2D eigenvalue weighted by molar-refractivity contribution is 0.452. The molecule has 1 aromatic heterocycles. The molecule has 0 saturated carbocycles. The number of nitrogens with zero attached hydrogens (tertiary/aromatic N) is 2. The molecule has 3 aromatic carbocycles. The van der Waals surface area contributed by atoms with Crippen molar-refractivity contribution in [1.82, 2.24) is 0 Å². The molecule has 5 rings (SSSR count). The number of hydrogen-bond acceptors (Lipinski definition) is 7. The number of hydrogen-bond donors (Lipinski definition) is 3. The van der Waals surface area contributed by atoms with Gasteiger partial charge in [0.15, 0.2) is 5.43 Å². The summed E-state index contributed by atoms with van der Waals surface area (Å²) in [5, 5.41) is 19.7. The number of nitrogens with two attached hydrogens (primary N) is 1. The van der Waals surface area contributed by atoms with Gasteiger partial charge < -0.3 is 30.2 Å². The number of rotatable bonds is 3. The van der Waals surface area contributed by atoms with Crippen LogP contribution in [0.1, 0.15) is 0 Å². The van der Waals surface area contributed by atoms with Crippen molar-refractivity contribution in [2.45, 2.75) is 0 Å². The number of phenolic OH excluding ortho intramolecular Hbond substituents is 2. The van der Waals surface area contributed by atoms with Crippen molar-refractivity contribution in [3.05, 3.63) is 77.0 Å². The molecule has 32 heavy (non-hydrogen) atoms. The van der Waals surface area contributed by atoms with E-state index in [1.54, 1.807) is 6.07 Å². The summed E-state index contributed by atoms with van der Waals surface area (Å²) in [4.78, 5) is 17.1. The molecule has 0 spiro atoms. The Labute approximate surface area is 184 Å². The highest BCUT2D eigenvalue weighted by atomic mass is 16.3. The summed E-state index contributed by atoms with van der Waals surface area (Å²) in [6, 6.07) is 19.7. The molecule has 4 N–H and O–H groups in total. The van der Waals surface area contributed by atoms with Gasteiger partial charge in [0.1, 0.15) is 28.2 Å². The van der Waals surface area contributed by atoms with Gasteiger partial charge in [-0.2, -0.15) is 0 Å². The van der Waals surface area contributed by atoms with Gasteiger partial charge in [-0.3, -0.25) is 4.79 Å². The van der Waals surface area contributed by atoms with Gasteiger partial charge in [-0.1, -0.05) is 18.2 Å². The summed E-state index contributed by atoms with van der Waals surface area (Å²) in [5.41, 5.74) is 9.51. The summed E-state index contributed by atoms with van der Waals surface area (Å²) in [5.74, 6) is -0.177. The Bertz CT molecular complexity index is 1340. The Kier molecular flexibility index (Phi) is 4.86. The number of phenols is 2. The summed E-state index contributed by atoms with van der Waals surface area (Å²) in [6.45, 7) is 3.50. The van der Waals surface area contributed by atoms with Gasteiger partial charge in [0.25, 0.3) is 0 Å². The fourth-order valence-corrected chi connectivity index (χ4v) is 4.24. The topological polar surface area (TPSA) is 103 Å². The standard InChI is InChI=1S/C25H23N3O4/c26-19-12-16(23-15-22(31)25-21(30)13-18(29)14-24(25)32-23)6-7-20(19)28-10-8-27(9-11-28)17-4-2-1-3-5-17/h1-7,12-15,29-30H,8-11,26H2. The zero-order valence-electron chi connectivity index (χ0n) is 17.4. The van der Waals surface area contributed by atoms with Crippen LogP contribution in [0.3, 0.4) is 0 Å². The van der Waals surface area contributed by atoms with Crippen molar-refractivity contribution in [2.75, 3.05) is 41.7 Å². The molecule has 0 aliphatic carbocycles. The number of fused-ring (bicyclic) bond motifs is 1. The van der Waals surface area contributed by atoms with Crippen LogP contribution >= 0.6 is 0 Å². The maximum absolute atomic E-state index is 12.5. The Balaban J connectivity index is 1.40. The van der Waals surface area contributed by atoms with Gasteiger partial charge in [0.05, 0.1) is 11.4 Å². The monoisotopic (exact) mass is 429 g/mol. The Morgan fingerprint density at radius 2 is 1.56 bits per heavy atom. The molecule has 7 nitrogen and oxygen atoms in total. The zero-order valence-corrected chi connectivity index (χ0v) is 17.4. The van der Waals surface area contributed by atoms with E-state index < -0.39 is 5.43 Å². The van der Waals surface area contributed by atoms with Crippen LogP contribution in [-0.2, 0) is 0 Å². The molecule has 1 fully saturated rings. The van der Waals surface area contributed by atoms with Crippen LogP contribution in [-0.4, -0.2) is 36.4 Å². The van der Waals surface area contributed by atoms with Crippen LogP contribution in [0.4, 0.5) is 17.1 Å². The van der Waals surface area contributed by atoms with Crippen molar-refractivity contribution in [2.24, 2.45) is 0 Å². The van der Waals surface area contributed by atoms with Crippen LogP contribution in [0.2, 0.25) is 0 Å². The molecule has 0 atom stereocenters. The number of aromatic hydroxyl groups is 2. The van der Waals surface area contributed by atoms with E-state index >= 15 is 0 Å². The fourth-order valence-electron chi connectivity index (χ4n) is 4.24. The van der Waals surface area contributed by atoms with E-state index in [1.807, 2.05) is 30.3 Å². The van der Waals surface area contributed by atoms with Gasteiger partial charge in [-0.15, -0.1) is 0 Å². The lowest BCUT2D eigenvalue weighted by Gasteiger charge is -2.37. The SMILES string of the molecule is Nc1cc(-c2cc(=O)c3c(O)cc(O)cc3o2)ccc1N1CCN(c2ccccc2)CC1. The molecule has 1 aliphatic heterocycles. The highest BCUT2D eigenvalue weighted by Gasteiger charge is 2.20. The number of nitrogen functional groups attached to an aromatic ring is 1. The molecule has 162 valence electrons. The second kappa shape index (κ2) is 7.85. The minimum atomic E-state index is -0.390. The van der Waals surface area contributed by atoms with E-state index in [9.17, 15) is 15.0 Å². The molecular weight excluding hydrogens is 406 g/mol. The first kappa shape index (κ1) is 19.8. The van der Waals surface area contributed by atoms with E-state index in [0.29, 0.717) is 17.0 Å². The molecule has 4 aromatic rings. The van der Waals surface area contributed by atoms with E-state index in [1.165, 1.54) is 17.8 Å². The maximum atomic E-state index is 12.5. The molecule has 7 heteroatoms. The second-order valence-corrected chi connectivity index (χ2v) is 7.90. The number of para-hydroxylation sites is 1. The Morgan fingerprint density at radius 3 is 2.28 bits per heavy atom. The van der Waals surface area contributed by atoms with Crippen molar-refractivity contribution < 1.29 is 14.6 Å². The predicted octanol–water partition coefficient (Wildman–Crippen LogP) is 3.78.